The van der Waals surface area contributed by atoms with Gasteiger partial charge in [-0.25, -0.2) is 21.6 Å². The van der Waals surface area contributed by atoms with Crippen molar-refractivity contribution in [2.75, 3.05) is 19.6 Å². The van der Waals surface area contributed by atoms with Crippen LogP contribution in [0.2, 0.25) is 0 Å². The van der Waals surface area contributed by atoms with Gasteiger partial charge in [0.1, 0.15) is 5.60 Å². The zero-order valence-corrected chi connectivity index (χ0v) is 33.0. The van der Waals surface area contributed by atoms with Gasteiger partial charge in [-0.3, -0.25) is 0 Å². The molecule has 1 aliphatic carbocycles. The molecule has 1 saturated heterocycles. The van der Waals surface area contributed by atoms with Crippen LogP contribution in [-0.4, -0.2) is 67.7 Å². The van der Waals surface area contributed by atoms with E-state index in [1.807, 2.05) is 69.3 Å². The highest BCUT2D eigenvalue weighted by Crippen LogP contribution is 2.33. The molecule has 1 aliphatic heterocycles. The summed E-state index contributed by atoms with van der Waals surface area (Å²) in [6.45, 7) is 7.13. The summed E-state index contributed by atoms with van der Waals surface area (Å²) in [5.41, 5.74) is 1.11. The molecule has 0 aromatic heterocycles. The van der Waals surface area contributed by atoms with Gasteiger partial charge in [-0.05, 0) is 106 Å². The van der Waals surface area contributed by atoms with Crippen LogP contribution < -0.4 is 0 Å². The molecule has 0 bridgehead atoms. The van der Waals surface area contributed by atoms with Crippen molar-refractivity contribution in [3.8, 4) is 0 Å². The molecule has 3 aromatic carbocycles. The van der Waals surface area contributed by atoms with Crippen LogP contribution in [0.25, 0.3) is 0 Å². The molecule has 266 valence electrons. The number of halogens is 2. The Hall–Kier alpha value is -2.29. The maximum Gasteiger partial charge on any atom is 0.410 e. The number of hydrogen-bond donors (Lipinski definition) is 0. The third kappa shape index (κ3) is 9.94. The van der Waals surface area contributed by atoms with Crippen molar-refractivity contribution >= 4 is 58.0 Å². The van der Waals surface area contributed by atoms with E-state index in [1.54, 1.807) is 9.21 Å². The SMILES string of the molecule is CC(C)(C)OC(=O)N1CCC(CN(Cc2ccccc2)S(=O)(=O)c2ccc(S(=O)(=O)N(Cc3cc(Br)cc(Br)c3)C3CCCC3)cc2)CC1. The van der Waals surface area contributed by atoms with Gasteiger partial charge in [0.15, 0.2) is 0 Å². The standard InChI is InChI=1S/C36H45Br2N3O6S2/c1-36(2,3)47-35(42)39-19-17-28(18-20-39)25-40(24-27-9-5-4-6-10-27)48(43,44)33-13-15-34(16-14-33)49(45,46)41(32-11-7-8-12-32)26-29-21-30(37)23-31(38)22-29/h4-6,9-10,13-16,21-23,28,32H,7-8,11-12,17-20,24-26H2,1-3H3. The molecule has 3 aromatic rings. The largest absolute Gasteiger partial charge is 0.444 e. The predicted molar refractivity (Wildman–Crippen MR) is 198 cm³/mol. The number of likely N-dealkylation sites (tertiary alicyclic amines) is 1. The highest BCUT2D eigenvalue weighted by Gasteiger charge is 2.35. The molecule has 49 heavy (non-hydrogen) atoms. The van der Waals surface area contributed by atoms with Crippen molar-refractivity contribution in [1.82, 2.24) is 13.5 Å². The minimum absolute atomic E-state index is 0.0369. The quantitative estimate of drug-likeness (QED) is 0.193. The summed E-state index contributed by atoms with van der Waals surface area (Å²) in [5.74, 6) is 0.0369. The Balaban J connectivity index is 1.36. The highest BCUT2D eigenvalue weighted by atomic mass is 79.9. The molecule has 13 heteroatoms. The number of hydrogen-bond acceptors (Lipinski definition) is 6. The lowest BCUT2D eigenvalue weighted by atomic mass is 9.97. The maximum atomic E-state index is 14.2. The Labute approximate surface area is 308 Å². The summed E-state index contributed by atoms with van der Waals surface area (Å²) in [6.07, 6.45) is 4.43. The molecule has 1 saturated carbocycles. The molecular weight excluding hydrogens is 794 g/mol. The van der Waals surface area contributed by atoms with Gasteiger partial charge in [0, 0.05) is 47.7 Å². The second-order valence-corrected chi connectivity index (χ2v) is 19.6. The Bertz CT molecular complexity index is 1780. The first-order valence-electron chi connectivity index (χ1n) is 16.7. The molecule has 0 atom stereocenters. The van der Waals surface area contributed by atoms with Crippen molar-refractivity contribution in [1.29, 1.82) is 0 Å². The van der Waals surface area contributed by atoms with Crippen molar-refractivity contribution in [2.24, 2.45) is 5.92 Å². The Kier molecular flexibility index (Phi) is 12.3. The first kappa shape index (κ1) is 38.0. The van der Waals surface area contributed by atoms with E-state index in [0.29, 0.717) is 25.9 Å². The summed E-state index contributed by atoms with van der Waals surface area (Å²) < 4.78 is 67.0. The third-order valence-electron chi connectivity index (χ3n) is 8.99. The zero-order chi connectivity index (χ0) is 35.4. The molecular formula is C36H45Br2N3O6S2. The van der Waals surface area contributed by atoms with E-state index >= 15 is 0 Å². The molecule has 1 amide bonds. The molecule has 2 aliphatic rings. The number of sulfonamides is 2. The van der Waals surface area contributed by atoms with E-state index in [1.165, 1.54) is 28.6 Å². The van der Waals surface area contributed by atoms with E-state index < -0.39 is 25.6 Å². The van der Waals surface area contributed by atoms with E-state index in [4.69, 9.17) is 4.74 Å². The zero-order valence-electron chi connectivity index (χ0n) is 28.2. The van der Waals surface area contributed by atoms with Crippen LogP contribution in [0.15, 0.2) is 91.5 Å². The molecule has 2 fully saturated rings. The van der Waals surface area contributed by atoms with Gasteiger partial charge in [-0.1, -0.05) is 75.0 Å². The second-order valence-electron chi connectivity index (χ2n) is 13.9. The van der Waals surface area contributed by atoms with E-state index in [0.717, 1.165) is 45.8 Å². The van der Waals surface area contributed by atoms with Crippen LogP contribution in [0, 0.1) is 5.92 Å². The van der Waals surface area contributed by atoms with Crippen molar-refractivity contribution in [3.05, 3.63) is 92.9 Å². The number of amides is 1. The van der Waals surface area contributed by atoms with Gasteiger partial charge in [-0.2, -0.15) is 8.61 Å². The van der Waals surface area contributed by atoms with Crippen LogP contribution >= 0.6 is 31.9 Å². The van der Waals surface area contributed by atoms with Crippen molar-refractivity contribution < 1.29 is 26.4 Å². The number of piperidine rings is 1. The number of carbonyl (C=O) groups excluding carboxylic acids is 1. The predicted octanol–water partition coefficient (Wildman–Crippen LogP) is 8.18. The third-order valence-corrected chi connectivity index (χ3v) is 13.6. The average molecular weight is 840 g/mol. The maximum absolute atomic E-state index is 14.2. The van der Waals surface area contributed by atoms with Crippen LogP contribution in [0.4, 0.5) is 4.79 Å². The van der Waals surface area contributed by atoms with Gasteiger partial charge in [-0.15, -0.1) is 0 Å². The molecule has 0 N–H and O–H groups in total. The molecule has 0 radical (unpaired) electrons. The van der Waals surface area contributed by atoms with Crippen LogP contribution in [-0.2, 0) is 37.9 Å². The number of ether oxygens (including phenoxy) is 1. The Morgan fingerprint density at radius 3 is 1.88 bits per heavy atom. The fraction of sp³-hybridized carbons (Fsp3) is 0.472. The fourth-order valence-electron chi connectivity index (χ4n) is 6.50. The van der Waals surface area contributed by atoms with Gasteiger partial charge in [0.2, 0.25) is 20.0 Å². The average Bonchev–Trinajstić information content (AvgIpc) is 3.57. The second kappa shape index (κ2) is 15.9. The van der Waals surface area contributed by atoms with Gasteiger partial charge < -0.3 is 9.64 Å². The number of benzene rings is 3. The van der Waals surface area contributed by atoms with Gasteiger partial charge in [0.25, 0.3) is 0 Å². The monoisotopic (exact) mass is 837 g/mol. The molecule has 1 heterocycles. The Morgan fingerprint density at radius 2 is 1.33 bits per heavy atom. The smallest absolute Gasteiger partial charge is 0.410 e. The summed E-state index contributed by atoms with van der Waals surface area (Å²) in [7, 11) is -7.93. The first-order valence-corrected chi connectivity index (χ1v) is 21.2. The molecule has 9 nitrogen and oxygen atoms in total. The number of carbonyl (C=O) groups is 1. The lowest BCUT2D eigenvalue weighted by Crippen LogP contribution is -2.44. The number of rotatable bonds is 11. The lowest BCUT2D eigenvalue weighted by molar-refractivity contribution is 0.0177. The van der Waals surface area contributed by atoms with Crippen LogP contribution in [0.1, 0.15) is 70.4 Å². The fourth-order valence-corrected chi connectivity index (χ4v) is 11.1. The summed E-state index contributed by atoms with van der Waals surface area (Å²) in [4.78, 5) is 14.4. The lowest BCUT2D eigenvalue weighted by Gasteiger charge is -2.35. The molecule has 0 spiro atoms. The Morgan fingerprint density at radius 1 is 0.776 bits per heavy atom. The number of nitrogens with zero attached hydrogens (tertiary/aromatic N) is 3. The van der Waals surface area contributed by atoms with Crippen LogP contribution in [0.3, 0.4) is 0 Å². The van der Waals surface area contributed by atoms with E-state index in [2.05, 4.69) is 31.9 Å². The van der Waals surface area contributed by atoms with Gasteiger partial charge >= 0.3 is 6.09 Å². The van der Waals surface area contributed by atoms with Crippen molar-refractivity contribution in [3.63, 3.8) is 0 Å². The topological polar surface area (TPSA) is 104 Å². The molecule has 0 unspecified atom stereocenters. The first-order chi connectivity index (χ1) is 23.1. The normalized spacial score (nSPS) is 16.8. The summed E-state index contributed by atoms with van der Waals surface area (Å²) in [6, 6.07) is 20.7. The van der Waals surface area contributed by atoms with Crippen molar-refractivity contribution in [2.45, 2.75) is 93.8 Å². The minimum Gasteiger partial charge on any atom is -0.444 e. The van der Waals surface area contributed by atoms with Crippen LogP contribution in [0.5, 0.6) is 0 Å². The summed E-state index contributed by atoms with van der Waals surface area (Å²) in [5, 5.41) is 0. The van der Waals surface area contributed by atoms with Gasteiger partial charge in [0.05, 0.1) is 9.79 Å². The van der Waals surface area contributed by atoms with E-state index in [9.17, 15) is 21.6 Å². The van der Waals surface area contributed by atoms with E-state index in [-0.39, 0.29) is 47.5 Å². The minimum atomic E-state index is -4.00. The summed E-state index contributed by atoms with van der Waals surface area (Å²) >= 11 is 7.02. The molecule has 5 rings (SSSR count). The highest BCUT2D eigenvalue weighted by molar-refractivity contribution is 9.11.